The molecular weight excluding hydrogens is 216 g/mol. The van der Waals surface area contributed by atoms with Gasteiger partial charge in [-0.3, -0.25) is 4.79 Å². The van der Waals surface area contributed by atoms with E-state index in [0.717, 1.165) is 19.5 Å². The predicted octanol–water partition coefficient (Wildman–Crippen LogP) is 0.899. The zero-order valence-corrected chi connectivity index (χ0v) is 11.5. The lowest BCUT2D eigenvalue weighted by molar-refractivity contribution is -0.130. The van der Waals surface area contributed by atoms with Gasteiger partial charge in [-0.2, -0.15) is 0 Å². The minimum absolute atomic E-state index is 0.0254. The van der Waals surface area contributed by atoms with E-state index in [1.807, 2.05) is 6.92 Å². The maximum atomic E-state index is 12.3. The van der Waals surface area contributed by atoms with Gasteiger partial charge < -0.3 is 15.7 Å². The molecule has 0 aromatic carbocycles. The minimum Gasteiger partial charge on any atom is -0.396 e. The summed E-state index contributed by atoms with van der Waals surface area (Å²) < 4.78 is 0. The lowest BCUT2D eigenvalue weighted by Gasteiger charge is -2.34. The number of amides is 1. The summed E-state index contributed by atoms with van der Waals surface area (Å²) in [5.74, 6) is 0.107. The number of aliphatic hydroxyl groups is 1. The summed E-state index contributed by atoms with van der Waals surface area (Å²) in [6.07, 6.45) is 1.49. The summed E-state index contributed by atoms with van der Waals surface area (Å²) >= 11 is 0. The average molecular weight is 242 g/mol. The average Bonchev–Trinajstić information content (AvgIpc) is 2.64. The van der Waals surface area contributed by atoms with Gasteiger partial charge in [0.15, 0.2) is 0 Å². The first-order valence-electron chi connectivity index (χ1n) is 6.42. The van der Waals surface area contributed by atoms with Crippen LogP contribution < -0.4 is 10.6 Å². The Morgan fingerprint density at radius 3 is 2.59 bits per heavy atom. The van der Waals surface area contributed by atoms with Crippen LogP contribution in [0.15, 0.2) is 0 Å². The second kappa shape index (κ2) is 5.36. The second-order valence-electron chi connectivity index (χ2n) is 6.39. The van der Waals surface area contributed by atoms with Crippen molar-refractivity contribution in [3.05, 3.63) is 0 Å². The first-order chi connectivity index (χ1) is 7.79. The number of carbonyl (C=O) groups is 1. The first-order valence-corrected chi connectivity index (χ1v) is 6.42. The van der Waals surface area contributed by atoms with Crippen molar-refractivity contribution >= 4 is 5.91 Å². The standard InChI is InChI=1S/C13H26N2O2/c1-12(2,3)10(5-8-16)15-11(17)13(4)6-7-14-9-13/h10,14,16H,5-9H2,1-4H3,(H,15,17). The van der Waals surface area contributed by atoms with Crippen molar-refractivity contribution in [2.45, 2.75) is 46.6 Å². The number of hydrogen-bond acceptors (Lipinski definition) is 3. The molecule has 4 nitrogen and oxygen atoms in total. The SMILES string of the molecule is CC1(C(=O)NC(CCO)C(C)(C)C)CCNC1. The topological polar surface area (TPSA) is 61.4 Å². The number of hydrogen-bond donors (Lipinski definition) is 3. The first kappa shape index (κ1) is 14.5. The maximum absolute atomic E-state index is 12.3. The van der Waals surface area contributed by atoms with E-state index >= 15 is 0 Å². The molecule has 1 rings (SSSR count). The molecule has 2 unspecified atom stereocenters. The van der Waals surface area contributed by atoms with Crippen LogP contribution in [0.3, 0.4) is 0 Å². The second-order valence-corrected chi connectivity index (χ2v) is 6.39. The molecule has 0 bridgehead atoms. The van der Waals surface area contributed by atoms with Crippen LogP contribution in [0.2, 0.25) is 0 Å². The van der Waals surface area contributed by atoms with Gasteiger partial charge in [-0.1, -0.05) is 20.8 Å². The van der Waals surface area contributed by atoms with Crippen LogP contribution in [-0.4, -0.2) is 36.8 Å². The number of carbonyl (C=O) groups excluding carboxylic acids is 1. The summed E-state index contributed by atoms with van der Waals surface area (Å²) in [4.78, 5) is 12.3. The zero-order chi connectivity index (χ0) is 13.1. The Morgan fingerprint density at radius 2 is 2.18 bits per heavy atom. The highest BCUT2D eigenvalue weighted by molar-refractivity contribution is 5.83. The van der Waals surface area contributed by atoms with E-state index in [0.29, 0.717) is 6.42 Å². The molecule has 1 fully saturated rings. The molecule has 0 saturated carbocycles. The molecule has 17 heavy (non-hydrogen) atoms. The van der Waals surface area contributed by atoms with Crippen LogP contribution in [0.5, 0.6) is 0 Å². The third kappa shape index (κ3) is 3.68. The van der Waals surface area contributed by atoms with Gasteiger partial charge in [-0.15, -0.1) is 0 Å². The van der Waals surface area contributed by atoms with Gasteiger partial charge in [0.2, 0.25) is 5.91 Å². The summed E-state index contributed by atoms with van der Waals surface area (Å²) in [7, 11) is 0. The van der Waals surface area contributed by atoms with Crippen molar-refractivity contribution in [1.29, 1.82) is 0 Å². The zero-order valence-electron chi connectivity index (χ0n) is 11.5. The normalized spacial score (nSPS) is 26.9. The Hall–Kier alpha value is -0.610. The van der Waals surface area contributed by atoms with E-state index in [9.17, 15) is 4.79 Å². The van der Waals surface area contributed by atoms with Crippen LogP contribution in [0.25, 0.3) is 0 Å². The number of aliphatic hydroxyl groups excluding tert-OH is 1. The Morgan fingerprint density at radius 1 is 1.53 bits per heavy atom. The van der Waals surface area contributed by atoms with E-state index < -0.39 is 0 Å². The molecule has 100 valence electrons. The Kier molecular flexibility index (Phi) is 4.55. The van der Waals surface area contributed by atoms with Crippen LogP contribution in [0, 0.1) is 10.8 Å². The van der Waals surface area contributed by atoms with Crippen LogP contribution in [0.1, 0.15) is 40.5 Å². The Balaban J connectivity index is 2.64. The fourth-order valence-electron chi connectivity index (χ4n) is 2.19. The van der Waals surface area contributed by atoms with Crippen LogP contribution in [-0.2, 0) is 4.79 Å². The maximum Gasteiger partial charge on any atom is 0.227 e. The van der Waals surface area contributed by atoms with E-state index in [4.69, 9.17) is 5.11 Å². The van der Waals surface area contributed by atoms with E-state index in [2.05, 4.69) is 31.4 Å². The van der Waals surface area contributed by atoms with E-state index in [1.165, 1.54) is 0 Å². The summed E-state index contributed by atoms with van der Waals surface area (Å²) in [6.45, 7) is 10.0. The third-order valence-electron chi connectivity index (χ3n) is 3.69. The summed E-state index contributed by atoms with van der Waals surface area (Å²) in [5.41, 5.74) is -0.320. The lowest BCUT2D eigenvalue weighted by Crippen LogP contribution is -2.50. The van der Waals surface area contributed by atoms with Crippen molar-refractivity contribution in [3.8, 4) is 0 Å². The Labute approximate surface area is 104 Å². The molecule has 0 spiro atoms. The van der Waals surface area contributed by atoms with Crippen molar-refractivity contribution in [1.82, 2.24) is 10.6 Å². The van der Waals surface area contributed by atoms with Gasteiger partial charge in [-0.05, 0) is 31.7 Å². The number of rotatable bonds is 4. The molecule has 0 radical (unpaired) electrons. The number of nitrogens with one attached hydrogen (secondary N) is 2. The van der Waals surface area contributed by atoms with Crippen molar-refractivity contribution in [2.75, 3.05) is 19.7 Å². The summed E-state index contributed by atoms with van der Waals surface area (Å²) in [5, 5.41) is 15.4. The molecule has 1 heterocycles. The molecule has 4 heteroatoms. The summed E-state index contributed by atoms with van der Waals surface area (Å²) in [6, 6.07) is 0.0254. The van der Waals surface area contributed by atoms with Gasteiger partial charge >= 0.3 is 0 Å². The molecule has 1 amide bonds. The fraction of sp³-hybridized carbons (Fsp3) is 0.923. The van der Waals surface area contributed by atoms with Gasteiger partial charge in [0.25, 0.3) is 0 Å². The van der Waals surface area contributed by atoms with E-state index in [-0.39, 0.29) is 29.4 Å². The highest BCUT2D eigenvalue weighted by Crippen LogP contribution is 2.27. The van der Waals surface area contributed by atoms with Crippen LogP contribution >= 0.6 is 0 Å². The fourth-order valence-corrected chi connectivity index (χ4v) is 2.19. The van der Waals surface area contributed by atoms with Gasteiger partial charge in [0.1, 0.15) is 0 Å². The van der Waals surface area contributed by atoms with Crippen molar-refractivity contribution < 1.29 is 9.90 Å². The predicted molar refractivity (Wildman–Crippen MR) is 68.7 cm³/mol. The molecule has 3 N–H and O–H groups in total. The monoisotopic (exact) mass is 242 g/mol. The van der Waals surface area contributed by atoms with Crippen LogP contribution in [0.4, 0.5) is 0 Å². The third-order valence-corrected chi connectivity index (χ3v) is 3.69. The van der Waals surface area contributed by atoms with Crippen molar-refractivity contribution in [3.63, 3.8) is 0 Å². The molecule has 0 aromatic rings. The highest BCUT2D eigenvalue weighted by Gasteiger charge is 2.38. The molecular formula is C13H26N2O2. The highest BCUT2D eigenvalue weighted by atomic mass is 16.3. The van der Waals surface area contributed by atoms with E-state index in [1.54, 1.807) is 0 Å². The quantitative estimate of drug-likeness (QED) is 0.686. The molecule has 0 aliphatic carbocycles. The molecule has 1 saturated heterocycles. The molecule has 0 aromatic heterocycles. The smallest absolute Gasteiger partial charge is 0.227 e. The largest absolute Gasteiger partial charge is 0.396 e. The van der Waals surface area contributed by atoms with Gasteiger partial charge in [0, 0.05) is 19.2 Å². The molecule has 1 aliphatic heterocycles. The molecule has 1 aliphatic rings. The van der Waals surface area contributed by atoms with Gasteiger partial charge in [0.05, 0.1) is 5.41 Å². The minimum atomic E-state index is -0.293. The van der Waals surface area contributed by atoms with Gasteiger partial charge in [-0.25, -0.2) is 0 Å². The lowest BCUT2D eigenvalue weighted by atomic mass is 9.82. The van der Waals surface area contributed by atoms with Crippen molar-refractivity contribution in [2.24, 2.45) is 10.8 Å². The molecule has 2 atom stereocenters. The Bertz CT molecular complexity index is 265.